The molecule has 0 aromatic rings. The van der Waals surface area contributed by atoms with Crippen molar-refractivity contribution in [2.24, 2.45) is 0 Å². The molecular formula is C10H17F3N2O2S. The highest BCUT2D eigenvalue weighted by Gasteiger charge is 2.35. The van der Waals surface area contributed by atoms with Gasteiger partial charge in [-0.2, -0.15) is 25.8 Å². The predicted octanol–water partition coefficient (Wildman–Crippen LogP) is 0.686. The number of hydrogen-bond donors (Lipinski definition) is 2. The monoisotopic (exact) mass is 286 g/mol. The zero-order chi connectivity index (χ0) is 13.6. The molecule has 1 amide bonds. The summed E-state index contributed by atoms with van der Waals surface area (Å²) in [6.45, 7) is 0.0366. The first-order valence-electron chi connectivity index (χ1n) is 5.68. The number of hydrogen-bond acceptors (Lipinski definition) is 4. The van der Waals surface area contributed by atoms with E-state index in [0.29, 0.717) is 12.3 Å². The number of ether oxygens (including phenoxy) is 1. The van der Waals surface area contributed by atoms with Crippen molar-refractivity contribution in [1.29, 1.82) is 0 Å². The molecule has 0 aromatic carbocycles. The summed E-state index contributed by atoms with van der Waals surface area (Å²) < 4.78 is 42.2. The number of thiol groups is 1. The molecule has 1 rings (SSSR count). The third-order valence-corrected chi connectivity index (χ3v) is 2.81. The van der Waals surface area contributed by atoms with Gasteiger partial charge in [0.1, 0.15) is 0 Å². The lowest BCUT2D eigenvalue weighted by Crippen LogP contribution is -2.51. The summed E-state index contributed by atoms with van der Waals surface area (Å²) in [5.41, 5.74) is 0. The molecule has 0 saturated carbocycles. The minimum atomic E-state index is -4.25. The Hall–Kier alpha value is -0.470. The molecule has 0 radical (unpaired) electrons. The lowest BCUT2D eigenvalue weighted by Gasteiger charge is -2.35. The number of nitrogens with zero attached hydrogens (tertiary/aromatic N) is 1. The Labute approximate surface area is 109 Å². The molecule has 8 heteroatoms. The van der Waals surface area contributed by atoms with Crippen LogP contribution in [-0.2, 0) is 9.53 Å². The van der Waals surface area contributed by atoms with E-state index in [-0.39, 0.29) is 32.1 Å². The van der Waals surface area contributed by atoms with E-state index in [1.807, 2.05) is 0 Å². The first-order valence-corrected chi connectivity index (χ1v) is 6.31. The molecule has 1 heterocycles. The molecule has 1 N–H and O–H groups in total. The molecule has 1 aliphatic heterocycles. The number of rotatable bonds is 5. The Morgan fingerprint density at radius 1 is 1.50 bits per heavy atom. The largest absolute Gasteiger partial charge is 0.401 e. The molecule has 0 spiro atoms. The second kappa shape index (κ2) is 7.20. The molecule has 4 nitrogen and oxygen atoms in total. The second-order valence-electron chi connectivity index (χ2n) is 4.09. The summed E-state index contributed by atoms with van der Waals surface area (Å²) in [4.78, 5) is 12.7. The van der Waals surface area contributed by atoms with Crippen molar-refractivity contribution >= 4 is 18.5 Å². The van der Waals surface area contributed by atoms with Gasteiger partial charge in [-0.25, -0.2) is 0 Å². The van der Waals surface area contributed by atoms with Crippen LogP contribution in [0.2, 0.25) is 0 Å². The van der Waals surface area contributed by atoms with E-state index >= 15 is 0 Å². The first-order chi connectivity index (χ1) is 8.42. The predicted molar refractivity (Wildman–Crippen MR) is 63.7 cm³/mol. The van der Waals surface area contributed by atoms with E-state index in [1.165, 1.54) is 4.90 Å². The van der Waals surface area contributed by atoms with Gasteiger partial charge < -0.3 is 10.1 Å². The number of carbonyl (C=O) groups is 1. The van der Waals surface area contributed by atoms with Crippen molar-refractivity contribution in [2.45, 2.75) is 18.6 Å². The molecule has 106 valence electrons. The van der Waals surface area contributed by atoms with Gasteiger partial charge in [-0.15, -0.1) is 0 Å². The molecule has 1 atom stereocenters. The van der Waals surface area contributed by atoms with Crippen molar-refractivity contribution in [2.75, 3.05) is 38.6 Å². The van der Waals surface area contributed by atoms with Crippen LogP contribution in [0.1, 0.15) is 6.42 Å². The summed E-state index contributed by atoms with van der Waals surface area (Å²) in [6.07, 6.45) is -4.24. The molecule has 1 saturated heterocycles. The number of nitrogens with one attached hydrogen (secondary N) is 1. The fourth-order valence-corrected chi connectivity index (χ4v) is 1.91. The Balaban J connectivity index is 2.46. The van der Waals surface area contributed by atoms with Crippen molar-refractivity contribution in [3.8, 4) is 0 Å². The second-order valence-corrected chi connectivity index (χ2v) is 4.54. The normalized spacial score (nSPS) is 21.9. The molecule has 0 aromatic heterocycles. The highest BCUT2D eigenvalue weighted by atomic mass is 32.1. The van der Waals surface area contributed by atoms with Gasteiger partial charge >= 0.3 is 6.18 Å². The third-order valence-electron chi connectivity index (χ3n) is 2.59. The van der Waals surface area contributed by atoms with Crippen LogP contribution >= 0.6 is 12.6 Å². The van der Waals surface area contributed by atoms with E-state index < -0.39 is 18.8 Å². The highest BCUT2D eigenvalue weighted by molar-refractivity contribution is 7.80. The highest BCUT2D eigenvalue weighted by Crippen LogP contribution is 2.20. The number of alkyl halides is 3. The molecule has 1 aliphatic rings. The molecule has 18 heavy (non-hydrogen) atoms. The zero-order valence-corrected chi connectivity index (χ0v) is 10.8. The van der Waals surface area contributed by atoms with Gasteiger partial charge in [0.15, 0.2) is 0 Å². The maximum Gasteiger partial charge on any atom is 0.401 e. The standard InChI is InChI=1S/C10H17F3N2O2S/c11-10(12,13)7-15-2-3-17-6-8(15)5-9(16)14-1-4-18/h8,18H,1-7H2,(H,14,16). The molecular weight excluding hydrogens is 269 g/mol. The van der Waals surface area contributed by atoms with Crippen LogP contribution in [0.5, 0.6) is 0 Å². The van der Waals surface area contributed by atoms with E-state index in [1.54, 1.807) is 0 Å². The average molecular weight is 286 g/mol. The van der Waals surface area contributed by atoms with Crippen LogP contribution in [0.4, 0.5) is 13.2 Å². The molecule has 0 bridgehead atoms. The molecule has 1 fully saturated rings. The topological polar surface area (TPSA) is 41.6 Å². The average Bonchev–Trinajstić information content (AvgIpc) is 2.27. The number of amides is 1. The Morgan fingerprint density at radius 2 is 2.22 bits per heavy atom. The van der Waals surface area contributed by atoms with Gasteiger partial charge in [0.25, 0.3) is 0 Å². The van der Waals surface area contributed by atoms with Crippen LogP contribution in [0.15, 0.2) is 0 Å². The summed E-state index contributed by atoms with van der Waals surface area (Å²) in [6, 6.07) is -0.514. The Morgan fingerprint density at radius 3 is 2.83 bits per heavy atom. The van der Waals surface area contributed by atoms with Gasteiger partial charge in [-0.05, 0) is 0 Å². The quantitative estimate of drug-likeness (QED) is 0.731. The van der Waals surface area contributed by atoms with Gasteiger partial charge in [0.2, 0.25) is 5.91 Å². The smallest absolute Gasteiger partial charge is 0.378 e. The van der Waals surface area contributed by atoms with Crippen LogP contribution in [-0.4, -0.2) is 61.6 Å². The number of halogens is 3. The van der Waals surface area contributed by atoms with E-state index in [0.717, 1.165) is 0 Å². The lowest BCUT2D eigenvalue weighted by molar-refractivity contribution is -0.164. The summed E-state index contributed by atoms with van der Waals surface area (Å²) in [5, 5.41) is 2.58. The Kier molecular flexibility index (Phi) is 6.24. The fourth-order valence-electron chi connectivity index (χ4n) is 1.80. The number of carbonyl (C=O) groups excluding carboxylic acids is 1. The van der Waals surface area contributed by atoms with Gasteiger partial charge in [0, 0.05) is 31.3 Å². The van der Waals surface area contributed by atoms with Crippen LogP contribution in [0.3, 0.4) is 0 Å². The van der Waals surface area contributed by atoms with Crippen LogP contribution in [0, 0.1) is 0 Å². The van der Waals surface area contributed by atoms with E-state index in [9.17, 15) is 18.0 Å². The Bertz CT molecular complexity index is 276. The van der Waals surface area contributed by atoms with Gasteiger partial charge in [0.05, 0.1) is 19.8 Å². The minimum Gasteiger partial charge on any atom is -0.378 e. The lowest BCUT2D eigenvalue weighted by atomic mass is 10.1. The maximum absolute atomic E-state index is 12.4. The summed E-state index contributed by atoms with van der Waals surface area (Å²) >= 11 is 3.94. The zero-order valence-electron chi connectivity index (χ0n) is 9.87. The third kappa shape index (κ3) is 5.92. The van der Waals surface area contributed by atoms with Crippen molar-refractivity contribution in [1.82, 2.24) is 10.2 Å². The van der Waals surface area contributed by atoms with Crippen molar-refractivity contribution in [3.63, 3.8) is 0 Å². The first kappa shape index (κ1) is 15.6. The van der Waals surface area contributed by atoms with Crippen LogP contribution in [0.25, 0.3) is 0 Å². The van der Waals surface area contributed by atoms with Crippen LogP contribution < -0.4 is 5.32 Å². The van der Waals surface area contributed by atoms with E-state index in [4.69, 9.17) is 4.74 Å². The summed E-state index contributed by atoms with van der Waals surface area (Å²) in [7, 11) is 0. The number of morpholine rings is 1. The SMILES string of the molecule is O=C(CC1COCCN1CC(F)(F)F)NCCS. The van der Waals surface area contributed by atoms with Gasteiger partial charge in [-0.1, -0.05) is 0 Å². The minimum absolute atomic E-state index is 0.0177. The van der Waals surface area contributed by atoms with Gasteiger partial charge in [-0.3, -0.25) is 9.69 Å². The maximum atomic E-state index is 12.4. The molecule has 1 unspecified atom stereocenters. The van der Waals surface area contributed by atoms with Crippen molar-refractivity contribution < 1.29 is 22.7 Å². The fraction of sp³-hybridized carbons (Fsp3) is 0.900. The van der Waals surface area contributed by atoms with Crippen molar-refractivity contribution in [3.05, 3.63) is 0 Å². The molecule has 0 aliphatic carbocycles. The summed E-state index contributed by atoms with van der Waals surface area (Å²) in [5.74, 6) is 0.228. The van der Waals surface area contributed by atoms with E-state index in [2.05, 4.69) is 17.9 Å².